The largest absolute Gasteiger partial charge is 0.330 e. The van der Waals surface area contributed by atoms with Crippen LogP contribution in [0.3, 0.4) is 0 Å². The predicted octanol–water partition coefficient (Wildman–Crippen LogP) is 3.36. The van der Waals surface area contributed by atoms with Crippen molar-refractivity contribution in [2.24, 2.45) is 11.7 Å². The second kappa shape index (κ2) is 7.32. The third-order valence-electron chi connectivity index (χ3n) is 4.33. The van der Waals surface area contributed by atoms with Gasteiger partial charge in [0.25, 0.3) is 0 Å². The van der Waals surface area contributed by atoms with Crippen molar-refractivity contribution in [3.8, 4) is 0 Å². The third kappa shape index (κ3) is 3.98. The molecule has 2 N–H and O–H groups in total. The summed E-state index contributed by atoms with van der Waals surface area (Å²) in [5.41, 5.74) is 7.34. The van der Waals surface area contributed by atoms with Crippen molar-refractivity contribution in [1.82, 2.24) is 4.90 Å². The molecule has 0 heterocycles. The average Bonchev–Trinajstić information content (AvgIpc) is 2.48. The molecule has 1 fully saturated rings. The molecule has 1 aromatic carbocycles. The maximum absolute atomic E-state index is 5.93. The van der Waals surface area contributed by atoms with Gasteiger partial charge in [0.15, 0.2) is 0 Å². The van der Waals surface area contributed by atoms with Gasteiger partial charge in [-0.05, 0) is 56.3 Å². The van der Waals surface area contributed by atoms with Crippen LogP contribution < -0.4 is 5.73 Å². The summed E-state index contributed by atoms with van der Waals surface area (Å²) in [6.45, 7) is 1.87. The Balaban J connectivity index is 1.96. The number of hydrogen-bond donors (Lipinski definition) is 1. The predicted molar refractivity (Wildman–Crippen MR) is 84.5 cm³/mol. The summed E-state index contributed by atoms with van der Waals surface area (Å²) in [5.74, 6) is 0.684. The highest BCUT2D eigenvalue weighted by molar-refractivity contribution is 7.98. The number of thioether (sulfide) groups is 1. The van der Waals surface area contributed by atoms with Gasteiger partial charge in [-0.1, -0.05) is 25.0 Å². The second-order valence-electron chi connectivity index (χ2n) is 5.61. The highest BCUT2D eigenvalue weighted by Crippen LogP contribution is 2.28. The zero-order valence-electron chi connectivity index (χ0n) is 12.1. The fraction of sp³-hybridized carbons (Fsp3) is 0.625. The Morgan fingerprint density at radius 3 is 2.53 bits per heavy atom. The van der Waals surface area contributed by atoms with E-state index in [0.29, 0.717) is 12.0 Å². The molecule has 2 nitrogen and oxygen atoms in total. The summed E-state index contributed by atoms with van der Waals surface area (Å²) < 4.78 is 0. The van der Waals surface area contributed by atoms with Gasteiger partial charge in [0, 0.05) is 17.5 Å². The highest BCUT2D eigenvalue weighted by atomic mass is 32.2. The average molecular weight is 278 g/mol. The van der Waals surface area contributed by atoms with Crippen LogP contribution in [0.2, 0.25) is 0 Å². The third-order valence-corrected chi connectivity index (χ3v) is 5.07. The number of rotatable bonds is 5. The van der Waals surface area contributed by atoms with E-state index in [2.05, 4.69) is 42.5 Å². The minimum absolute atomic E-state index is 0.666. The zero-order valence-corrected chi connectivity index (χ0v) is 13.0. The van der Waals surface area contributed by atoms with Crippen LogP contribution in [0.1, 0.15) is 31.2 Å². The number of hydrogen-bond acceptors (Lipinski definition) is 3. The molecular formula is C16H26N2S. The lowest BCUT2D eigenvalue weighted by Gasteiger charge is -2.37. The van der Waals surface area contributed by atoms with E-state index in [1.165, 1.54) is 36.1 Å². The van der Waals surface area contributed by atoms with Crippen LogP contribution in [-0.2, 0) is 6.54 Å². The lowest BCUT2D eigenvalue weighted by atomic mass is 9.83. The van der Waals surface area contributed by atoms with Crippen LogP contribution in [0.4, 0.5) is 0 Å². The first-order chi connectivity index (χ1) is 9.24. The van der Waals surface area contributed by atoms with E-state index in [1.807, 2.05) is 0 Å². The van der Waals surface area contributed by atoms with E-state index in [4.69, 9.17) is 5.73 Å². The summed E-state index contributed by atoms with van der Waals surface area (Å²) in [4.78, 5) is 3.84. The van der Waals surface area contributed by atoms with E-state index in [9.17, 15) is 0 Å². The topological polar surface area (TPSA) is 29.3 Å². The Labute approximate surface area is 121 Å². The van der Waals surface area contributed by atoms with Crippen molar-refractivity contribution in [3.63, 3.8) is 0 Å². The quantitative estimate of drug-likeness (QED) is 0.838. The maximum Gasteiger partial charge on any atom is 0.0233 e. The Morgan fingerprint density at radius 2 is 1.89 bits per heavy atom. The van der Waals surface area contributed by atoms with Crippen molar-refractivity contribution < 1.29 is 0 Å². The minimum Gasteiger partial charge on any atom is -0.330 e. The highest BCUT2D eigenvalue weighted by Gasteiger charge is 2.27. The van der Waals surface area contributed by atoms with Crippen LogP contribution in [0.15, 0.2) is 29.2 Å². The molecule has 0 amide bonds. The molecule has 0 spiro atoms. The molecule has 1 aliphatic rings. The first-order valence-electron chi connectivity index (χ1n) is 7.28. The molecule has 0 aromatic heterocycles. The summed E-state index contributed by atoms with van der Waals surface area (Å²) in [6.07, 6.45) is 7.44. The van der Waals surface area contributed by atoms with Crippen LogP contribution in [0, 0.1) is 5.92 Å². The summed E-state index contributed by atoms with van der Waals surface area (Å²) in [5, 5.41) is 0. The van der Waals surface area contributed by atoms with Gasteiger partial charge in [-0.2, -0.15) is 0 Å². The molecule has 0 bridgehead atoms. The molecule has 0 aliphatic heterocycles. The van der Waals surface area contributed by atoms with Gasteiger partial charge in [-0.3, -0.25) is 4.90 Å². The van der Waals surface area contributed by atoms with Crippen LogP contribution >= 0.6 is 11.8 Å². The lowest BCUT2D eigenvalue weighted by molar-refractivity contribution is 0.127. The Morgan fingerprint density at radius 1 is 1.21 bits per heavy atom. The fourth-order valence-electron chi connectivity index (χ4n) is 3.18. The molecule has 2 atom stereocenters. The molecule has 2 unspecified atom stereocenters. The van der Waals surface area contributed by atoms with Gasteiger partial charge in [0.2, 0.25) is 0 Å². The van der Waals surface area contributed by atoms with Gasteiger partial charge in [-0.25, -0.2) is 0 Å². The van der Waals surface area contributed by atoms with Gasteiger partial charge < -0.3 is 5.73 Å². The SMILES string of the molecule is CSc1ccc(CN(C)C2CCCCC2CN)cc1. The molecule has 0 radical (unpaired) electrons. The van der Waals surface area contributed by atoms with E-state index < -0.39 is 0 Å². The molecule has 1 saturated carbocycles. The molecule has 1 aliphatic carbocycles. The summed E-state index contributed by atoms with van der Waals surface area (Å²) >= 11 is 1.80. The summed E-state index contributed by atoms with van der Waals surface area (Å²) in [7, 11) is 2.25. The number of benzene rings is 1. The van der Waals surface area contributed by atoms with Gasteiger partial charge in [0.05, 0.1) is 0 Å². The monoisotopic (exact) mass is 278 g/mol. The summed E-state index contributed by atoms with van der Waals surface area (Å²) in [6, 6.07) is 9.61. The number of nitrogens with two attached hydrogens (primary N) is 1. The standard InChI is InChI=1S/C16H26N2S/c1-18(16-6-4-3-5-14(16)11-17)12-13-7-9-15(19-2)10-8-13/h7-10,14,16H,3-6,11-12,17H2,1-2H3. The van der Waals surface area contributed by atoms with Crippen LogP contribution in [-0.4, -0.2) is 30.8 Å². The second-order valence-corrected chi connectivity index (χ2v) is 6.49. The van der Waals surface area contributed by atoms with Crippen LogP contribution in [0.5, 0.6) is 0 Å². The Hall–Kier alpha value is -0.510. The van der Waals surface area contributed by atoms with E-state index in [0.717, 1.165) is 13.1 Å². The molecule has 19 heavy (non-hydrogen) atoms. The first kappa shape index (κ1) is 14.9. The zero-order chi connectivity index (χ0) is 13.7. The number of nitrogens with zero attached hydrogens (tertiary/aromatic N) is 1. The first-order valence-corrected chi connectivity index (χ1v) is 8.50. The molecule has 0 saturated heterocycles. The van der Waals surface area contributed by atoms with E-state index in [-0.39, 0.29) is 0 Å². The van der Waals surface area contributed by atoms with Crippen molar-refractivity contribution in [2.45, 2.75) is 43.2 Å². The van der Waals surface area contributed by atoms with Crippen LogP contribution in [0.25, 0.3) is 0 Å². The molecule has 106 valence electrons. The van der Waals surface area contributed by atoms with Gasteiger partial charge in [-0.15, -0.1) is 11.8 Å². The smallest absolute Gasteiger partial charge is 0.0233 e. The van der Waals surface area contributed by atoms with Gasteiger partial charge in [0.1, 0.15) is 0 Å². The minimum atomic E-state index is 0.666. The van der Waals surface area contributed by atoms with Crippen molar-refractivity contribution >= 4 is 11.8 Å². The fourth-order valence-corrected chi connectivity index (χ4v) is 3.59. The molecule has 2 rings (SSSR count). The molecular weight excluding hydrogens is 252 g/mol. The normalized spacial score (nSPS) is 23.8. The maximum atomic E-state index is 5.93. The van der Waals surface area contributed by atoms with Crippen molar-refractivity contribution in [3.05, 3.63) is 29.8 Å². The Kier molecular flexibility index (Phi) is 5.74. The molecule has 3 heteroatoms. The van der Waals surface area contributed by atoms with E-state index in [1.54, 1.807) is 11.8 Å². The van der Waals surface area contributed by atoms with Crippen molar-refractivity contribution in [1.29, 1.82) is 0 Å². The van der Waals surface area contributed by atoms with Crippen molar-refractivity contribution in [2.75, 3.05) is 19.8 Å². The van der Waals surface area contributed by atoms with E-state index >= 15 is 0 Å². The molecule has 1 aromatic rings. The lowest BCUT2D eigenvalue weighted by Crippen LogP contribution is -2.42. The van der Waals surface area contributed by atoms with Gasteiger partial charge >= 0.3 is 0 Å². The Bertz CT molecular complexity index is 377.